The summed E-state index contributed by atoms with van der Waals surface area (Å²) in [7, 11) is 0. The SMILES string of the molecule is CCCOC(=O)CCCCCCCCCCCCCC(C)CC(=O)OCCC.CCOC(=O)CCCCCCCCCCCCCC(C)CC(=O)OCC. The molecule has 0 aromatic heterocycles. The second-order valence-electron chi connectivity index (χ2n) is 15.5. The Morgan fingerprint density at radius 1 is 0.352 bits per heavy atom. The quantitative estimate of drug-likeness (QED) is 0.0347. The van der Waals surface area contributed by atoms with Crippen molar-refractivity contribution in [2.45, 2.75) is 234 Å². The molecule has 8 nitrogen and oxygen atoms in total. The van der Waals surface area contributed by atoms with Gasteiger partial charge in [0.1, 0.15) is 0 Å². The number of ether oxygens (including phenoxy) is 4. The molecule has 2 unspecified atom stereocenters. The molecule has 54 heavy (non-hydrogen) atoms. The van der Waals surface area contributed by atoms with Gasteiger partial charge in [-0.3, -0.25) is 19.2 Å². The number of esters is 4. The van der Waals surface area contributed by atoms with Crippen molar-refractivity contribution in [2.75, 3.05) is 26.4 Å². The number of rotatable bonds is 38. The Kier molecular flexibility index (Phi) is 43.6. The van der Waals surface area contributed by atoms with Crippen molar-refractivity contribution in [2.24, 2.45) is 11.8 Å². The van der Waals surface area contributed by atoms with Gasteiger partial charge in [0, 0.05) is 25.7 Å². The van der Waals surface area contributed by atoms with E-state index in [0.717, 1.165) is 51.4 Å². The molecule has 0 saturated carbocycles. The maximum Gasteiger partial charge on any atom is 0.306 e. The Hall–Kier alpha value is -2.12. The van der Waals surface area contributed by atoms with Crippen LogP contribution < -0.4 is 0 Å². The molecule has 0 aliphatic carbocycles. The molecule has 0 spiro atoms. The lowest BCUT2D eigenvalue weighted by molar-refractivity contribution is -0.145. The van der Waals surface area contributed by atoms with Crippen LogP contribution in [-0.4, -0.2) is 50.3 Å². The summed E-state index contributed by atoms with van der Waals surface area (Å²) in [5.41, 5.74) is 0. The van der Waals surface area contributed by atoms with E-state index in [4.69, 9.17) is 18.9 Å². The molecule has 0 aliphatic heterocycles. The van der Waals surface area contributed by atoms with Gasteiger partial charge < -0.3 is 18.9 Å². The first-order valence-electron chi connectivity index (χ1n) is 22.8. The highest BCUT2D eigenvalue weighted by molar-refractivity contribution is 5.70. The van der Waals surface area contributed by atoms with E-state index in [9.17, 15) is 19.2 Å². The summed E-state index contributed by atoms with van der Waals surface area (Å²) in [5.74, 6) is 0.706. The highest BCUT2D eigenvalue weighted by Crippen LogP contribution is 2.18. The van der Waals surface area contributed by atoms with Crippen molar-refractivity contribution < 1.29 is 38.1 Å². The lowest BCUT2D eigenvalue weighted by Gasteiger charge is -2.10. The van der Waals surface area contributed by atoms with Crippen LogP contribution >= 0.6 is 0 Å². The molecule has 8 heteroatoms. The van der Waals surface area contributed by atoms with Gasteiger partial charge in [-0.2, -0.15) is 0 Å². The molecule has 0 bridgehead atoms. The lowest BCUT2D eigenvalue weighted by atomic mass is 9.99. The number of unbranched alkanes of at least 4 members (excludes halogenated alkanes) is 20. The predicted octanol–water partition coefficient (Wildman–Crippen LogP) is 13.2. The minimum Gasteiger partial charge on any atom is -0.466 e. The summed E-state index contributed by atoms with van der Waals surface area (Å²) < 4.78 is 20.1. The maximum atomic E-state index is 11.6. The number of hydrogen-bond donors (Lipinski definition) is 0. The first kappa shape index (κ1) is 54.0. The Morgan fingerprint density at radius 2 is 0.611 bits per heavy atom. The molecule has 0 aliphatic rings. The Balaban J connectivity index is 0. The fourth-order valence-electron chi connectivity index (χ4n) is 6.50. The van der Waals surface area contributed by atoms with Crippen LogP contribution in [0.3, 0.4) is 0 Å². The van der Waals surface area contributed by atoms with Gasteiger partial charge in [0.15, 0.2) is 0 Å². The van der Waals surface area contributed by atoms with Crippen LogP contribution in [0, 0.1) is 11.8 Å². The van der Waals surface area contributed by atoms with Gasteiger partial charge in [-0.25, -0.2) is 0 Å². The lowest BCUT2D eigenvalue weighted by Crippen LogP contribution is -2.10. The van der Waals surface area contributed by atoms with Gasteiger partial charge in [0.05, 0.1) is 26.4 Å². The zero-order valence-electron chi connectivity index (χ0n) is 36.5. The fraction of sp³-hybridized carbons (Fsp3) is 0.913. The van der Waals surface area contributed by atoms with E-state index in [1.165, 1.54) is 116 Å². The molecule has 0 heterocycles. The molecule has 320 valence electrons. The number of carbonyl (C=O) groups excluding carboxylic acids is 4. The smallest absolute Gasteiger partial charge is 0.306 e. The molecule has 0 aromatic rings. The summed E-state index contributed by atoms with van der Waals surface area (Å²) >= 11 is 0. The Morgan fingerprint density at radius 3 is 0.944 bits per heavy atom. The normalized spacial score (nSPS) is 12.0. The van der Waals surface area contributed by atoms with Gasteiger partial charge in [-0.05, 0) is 51.4 Å². The van der Waals surface area contributed by atoms with Gasteiger partial charge in [0.25, 0.3) is 0 Å². The minimum absolute atomic E-state index is 0.0346. The van der Waals surface area contributed by atoms with Crippen molar-refractivity contribution in [3.63, 3.8) is 0 Å². The van der Waals surface area contributed by atoms with Crippen molar-refractivity contribution in [1.82, 2.24) is 0 Å². The van der Waals surface area contributed by atoms with Gasteiger partial charge in [-0.15, -0.1) is 0 Å². The molecule has 2 atom stereocenters. The molecule has 0 N–H and O–H groups in total. The molecule has 0 fully saturated rings. The second kappa shape index (κ2) is 43.6. The summed E-state index contributed by atoms with van der Waals surface area (Å²) in [5, 5.41) is 0. The highest BCUT2D eigenvalue weighted by Gasteiger charge is 2.11. The van der Waals surface area contributed by atoms with Crippen LogP contribution in [-0.2, 0) is 38.1 Å². The molecule has 0 aromatic carbocycles. The topological polar surface area (TPSA) is 105 Å². The summed E-state index contributed by atoms with van der Waals surface area (Å²) in [4.78, 5) is 45.5. The molecular weight excluding hydrogens is 680 g/mol. The van der Waals surface area contributed by atoms with E-state index in [2.05, 4.69) is 13.8 Å². The third kappa shape index (κ3) is 44.3. The molecule has 0 radical (unpaired) electrons. The standard InChI is InChI=1S/C24H46O4.C22H42O4/c1-4-19-27-23(25)18-16-14-12-10-8-6-7-9-11-13-15-17-22(3)21-24(26)28-20-5-2;1-4-25-21(23)18-16-14-12-10-8-6-7-9-11-13-15-17-20(3)19-22(24)26-5-2/h22H,4-21H2,1-3H3;20H,4-19H2,1-3H3. The second-order valence-corrected chi connectivity index (χ2v) is 15.5. The van der Waals surface area contributed by atoms with Gasteiger partial charge >= 0.3 is 23.9 Å². The molecular formula is C46H88O8. The van der Waals surface area contributed by atoms with E-state index in [1.54, 1.807) is 0 Å². The zero-order chi connectivity index (χ0) is 40.3. The number of carbonyl (C=O) groups is 4. The zero-order valence-corrected chi connectivity index (χ0v) is 36.5. The summed E-state index contributed by atoms with van der Waals surface area (Å²) in [6, 6.07) is 0. The maximum absolute atomic E-state index is 11.6. The average Bonchev–Trinajstić information content (AvgIpc) is 3.14. The molecule has 0 saturated heterocycles. The molecule has 0 amide bonds. The van der Waals surface area contributed by atoms with E-state index in [-0.39, 0.29) is 23.9 Å². The van der Waals surface area contributed by atoms with Crippen LogP contribution in [0.1, 0.15) is 234 Å². The van der Waals surface area contributed by atoms with Crippen molar-refractivity contribution in [3.05, 3.63) is 0 Å². The Bertz CT molecular complexity index is 845. The van der Waals surface area contributed by atoms with Crippen LogP contribution in [0.2, 0.25) is 0 Å². The predicted molar refractivity (Wildman–Crippen MR) is 223 cm³/mol. The first-order valence-corrected chi connectivity index (χ1v) is 22.8. The van der Waals surface area contributed by atoms with Gasteiger partial charge in [-0.1, -0.05) is 169 Å². The molecule has 0 rings (SSSR count). The van der Waals surface area contributed by atoms with E-state index < -0.39 is 0 Å². The monoisotopic (exact) mass is 769 g/mol. The van der Waals surface area contributed by atoms with Crippen molar-refractivity contribution in [3.8, 4) is 0 Å². The summed E-state index contributed by atoms with van der Waals surface area (Å²) in [6.07, 6.45) is 33.9. The third-order valence-corrected chi connectivity index (χ3v) is 9.73. The van der Waals surface area contributed by atoms with E-state index in [1.807, 2.05) is 27.7 Å². The van der Waals surface area contributed by atoms with Crippen LogP contribution in [0.15, 0.2) is 0 Å². The minimum atomic E-state index is -0.0547. The van der Waals surface area contributed by atoms with Crippen molar-refractivity contribution in [1.29, 1.82) is 0 Å². The number of hydrogen-bond acceptors (Lipinski definition) is 8. The van der Waals surface area contributed by atoms with Crippen LogP contribution in [0.25, 0.3) is 0 Å². The summed E-state index contributed by atoms with van der Waals surface area (Å²) in [6.45, 7) is 14.1. The van der Waals surface area contributed by atoms with Crippen molar-refractivity contribution >= 4 is 23.9 Å². The first-order chi connectivity index (χ1) is 26.2. The van der Waals surface area contributed by atoms with Gasteiger partial charge in [0.2, 0.25) is 0 Å². The van der Waals surface area contributed by atoms with Crippen LogP contribution in [0.5, 0.6) is 0 Å². The Labute approximate surface area is 333 Å². The average molecular weight is 769 g/mol. The van der Waals surface area contributed by atoms with Crippen LogP contribution in [0.4, 0.5) is 0 Å². The van der Waals surface area contributed by atoms with E-state index in [0.29, 0.717) is 63.9 Å². The fourth-order valence-corrected chi connectivity index (χ4v) is 6.50. The third-order valence-electron chi connectivity index (χ3n) is 9.73. The van der Waals surface area contributed by atoms with E-state index >= 15 is 0 Å². The highest BCUT2D eigenvalue weighted by atomic mass is 16.5. The largest absolute Gasteiger partial charge is 0.466 e.